The summed E-state index contributed by atoms with van der Waals surface area (Å²) in [5.41, 5.74) is -2.16. The van der Waals surface area contributed by atoms with Crippen LogP contribution in [0.15, 0.2) is 18.2 Å². The van der Waals surface area contributed by atoms with Gasteiger partial charge in [0.2, 0.25) is 12.2 Å². The third-order valence-corrected chi connectivity index (χ3v) is 5.62. The normalized spacial score (nSPS) is 21.0. The summed E-state index contributed by atoms with van der Waals surface area (Å²) in [7, 11) is 0. The lowest BCUT2D eigenvalue weighted by atomic mass is 9.93. The lowest BCUT2D eigenvalue weighted by molar-refractivity contribution is -0.257. The number of rotatable bonds is 11. The van der Waals surface area contributed by atoms with Crippen LogP contribution < -0.4 is 5.32 Å². The molecule has 12 heteroatoms. The van der Waals surface area contributed by atoms with Gasteiger partial charge in [0.15, 0.2) is 11.4 Å². The number of halogens is 2. The van der Waals surface area contributed by atoms with E-state index in [1.807, 2.05) is 13.8 Å². The third-order valence-electron chi connectivity index (χ3n) is 5.05. The molecule has 186 valence electrons. The van der Waals surface area contributed by atoms with E-state index in [1.165, 1.54) is 18.2 Å². The number of amides is 1. The minimum Gasteiger partial charge on any atom is -0.481 e. The van der Waals surface area contributed by atoms with Crippen molar-refractivity contribution >= 4 is 52.8 Å². The number of carboxylic acids is 2. The maximum absolute atomic E-state index is 12.6. The monoisotopic (exact) mass is 517 g/mol. The number of benzene rings is 1. The number of carboxylic acid groups (broad SMARTS) is 2. The van der Waals surface area contributed by atoms with Gasteiger partial charge < -0.3 is 25.0 Å². The highest BCUT2D eigenvalue weighted by Crippen LogP contribution is 2.32. The molecule has 1 heterocycles. The number of carbonyl (C=O) groups excluding carboxylic acids is 3. The SMILES string of the molecule is CC(C)C[C@H](NC(=O)CCC(=O)c1cc(Cl)ccc1Cl)C1OC(=O)CC(CC(=O)O)(C(=O)O)O1. The van der Waals surface area contributed by atoms with Gasteiger partial charge in [0.1, 0.15) is 0 Å². The third kappa shape index (κ3) is 7.41. The fourth-order valence-electron chi connectivity index (χ4n) is 3.50. The van der Waals surface area contributed by atoms with E-state index in [2.05, 4.69) is 5.32 Å². The Morgan fingerprint density at radius 2 is 1.85 bits per heavy atom. The van der Waals surface area contributed by atoms with Crippen LogP contribution in [0.25, 0.3) is 0 Å². The standard InChI is InChI=1S/C22H25Cl2NO9/c1-11(2)7-15(20-33-19(30)10-22(34-20,21(31)32)9-18(28)29)25-17(27)6-5-16(26)13-8-12(23)3-4-14(13)24/h3-4,8,11,15,20H,5-7,9-10H2,1-2H3,(H,25,27)(H,28,29)(H,31,32)/t15-,20?,22?/m0/s1. The van der Waals surface area contributed by atoms with Gasteiger partial charge in [0.25, 0.3) is 0 Å². The molecule has 1 aliphatic heterocycles. The van der Waals surface area contributed by atoms with Crippen molar-refractivity contribution in [3.63, 3.8) is 0 Å². The van der Waals surface area contributed by atoms with Crippen LogP contribution in [0.4, 0.5) is 0 Å². The van der Waals surface area contributed by atoms with E-state index in [-0.39, 0.29) is 35.8 Å². The summed E-state index contributed by atoms with van der Waals surface area (Å²) < 4.78 is 10.6. The molecule has 3 atom stereocenters. The number of Topliss-reactive ketones (excluding diaryl/α,β-unsaturated/α-hetero) is 1. The van der Waals surface area contributed by atoms with Crippen molar-refractivity contribution < 1.29 is 43.7 Å². The van der Waals surface area contributed by atoms with Gasteiger partial charge in [-0.3, -0.25) is 19.2 Å². The van der Waals surface area contributed by atoms with Gasteiger partial charge in [0.05, 0.1) is 23.9 Å². The Balaban J connectivity index is 2.13. The number of cyclic esters (lactones) is 1. The summed E-state index contributed by atoms with van der Waals surface area (Å²) in [6.07, 6.45) is -3.49. The van der Waals surface area contributed by atoms with E-state index in [1.54, 1.807) is 0 Å². The van der Waals surface area contributed by atoms with Crippen LogP contribution in [-0.4, -0.2) is 57.7 Å². The number of carbonyl (C=O) groups is 5. The molecule has 0 aliphatic carbocycles. The molecule has 1 fully saturated rings. The highest BCUT2D eigenvalue weighted by molar-refractivity contribution is 6.35. The Morgan fingerprint density at radius 3 is 2.44 bits per heavy atom. The zero-order valence-corrected chi connectivity index (χ0v) is 20.0. The summed E-state index contributed by atoms with van der Waals surface area (Å²) in [6.45, 7) is 3.63. The second-order valence-electron chi connectivity index (χ2n) is 8.37. The Hall–Kier alpha value is -2.69. The van der Waals surface area contributed by atoms with Crippen LogP contribution in [0, 0.1) is 5.92 Å². The molecule has 1 aromatic carbocycles. The summed E-state index contributed by atoms with van der Waals surface area (Å²) in [4.78, 5) is 60.2. The molecule has 0 radical (unpaired) electrons. The first kappa shape index (κ1) is 27.6. The number of ketones is 1. The molecule has 0 bridgehead atoms. The van der Waals surface area contributed by atoms with Gasteiger partial charge in [-0.2, -0.15) is 0 Å². The van der Waals surface area contributed by atoms with Gasteiger partial charge in [0, 0.05) is 23.4 Å². The highest BCUT2D eigenvalue weighted by atomic mass is 35.5. The lowest BCUT2D eigenvalue weighted by Gasteiger charge is -2.39. The van der Waals surface area contributed by atoms with Crippen molar-refractivity contribution in [1.29, 1.82) is 0 Å². The maximum atomic E-state index is 12.6. The van der Waals surface area contributed by atoms with Crippen LogP contribution in [0.3, 0.4) is 0 Å². The van der Waals surface area contributed by atoms with E-state index < -0.39 is 60.4 Å². The van der Waals surface area contributed by atoms with Crippen molar-refractivity contribution in [2.24, 2.45) is 5.92 Å². The second-order valence-corrected chi connectivity index (χ2v) is 9.22. The fourth-order valence-corrected chi connectivity index (χ4v) is 3.90. The van der Waals surface area contributed by atoms with Crippen LogP contribution in [-0.2, 0) is 28.7 Å². The molecular weight excluding hydrogens is 493 g/mol. The first-order chi connectivity index (χ1) is 15.8. The molecule has 0 saturated carbocycles. The fraction of sp³-hybridized carbons (Fsp3) is 0.500. The molecule has 2 rings (SSSR count). The van der Waals surface area contributed by atoms with Crippen LogP contribution >= 0.6 is 23.2 Å². The zero-order valence-electron chi connectivity index (χ0n) is 18.5. The molecule has 34 heavy (non-hydrogen) atoms. The Kier molecular flexibility index (Phi) is 9.43. The average Bonchev–Trinajstić information content (AvgIpc) is 2.71. The van der Waals surface area contributed by atoms with Crippen LogP contribution in [0.2, 0.25) is 10.0 Å². The van der Waals surface area contributed by atoms with E-state index in [4.69, 9.17) is 37.8 Å². The molecule has 1 aliphatic rings. The first-order valence-corrected chi connectivity index (χ1v) is 11.2. The number of esters is 1. The van der Waals surface area contributed by atoms with E-state index in [9.17, 15) is 29.1 Å². The quantitative estimate of drug-likeness (QED) is 0.296. The van der Waals surface area contributed by atoms with Gasteiger partial charge in [-0.25, -0.2) is 4.79 Å². The number of ether oxygens (including phenoxy) is 2. The number of aliphatic carboxylic acids is 2. The summed E-state index contributed by atoms with van der Waals surface area (Å²) in [5.74, 6) is -5.10. The average molecular weight is 518 g/mol. The molecule has 0 spiro atoms. The minimum atomic E-state index is -2.33. The summed E-state index contributed by atoms with van der Waals surface area (Å²) >= 11 is 11.9. The van der Waals surface area contributed by atoms with Crippen molar-refractivity contribution in [2.75, 3.05) is 0 Å². The molecular formula is C22H25Cl2NO9. The smallest absolute Gasteiger partial charge is 0.337 e. The predicted octanol–water partition coefficient (Wildman–Crippen LogP) is 3.07. The van der Waals surface area contributed by atoms with Gasteiger partial charge >= 0.3 is 17.9 Å². The van der Waals surface area contributed by atoms with Crippen LogP contribution in [0.1, 0.15) is 56.3 Å². The minimum absolute atomic E-state index is 0.0415. The highest BCUT2D eigenvalue weighted by Gasteiger charge is 2.52. The summed E-state index contributed by atoms with van der Waals surface area (Å²) in [5, 5.41) is 21.8. The van der Waals surface area contributed by atoms with Crippen molar-refractivity contribution in [2.45, 2.75) is 63.9 Å². The van der Waals surface area contributed by atoms with E-state index in [0.29, 0.717) is 5.02 Å². The lowest BCUT2D eigenvalue weighted by Crippen LogP contribution is -2.58. The molecule has 1 saturated heterocycles. The van der Waals surface area contributed by atoms with E-state index >= 15 is 0 Å². The maximum Gasteiger partial charge on any atom is 0.337 e. The van der Waals surface area contributed by atoms with Crippen molar-refractivity contribution in [3.8, 4) is 0 Å². The summed E-state index contributed by atoms with van der Waals surface area (Å²) in [6, 6.07) is 3.41. The Labute approximate surface area is 205 Å². The zero-order chi connectivity index (χ0) is 25.6. The number of nitrogens with one attached hydrogen (secondary N) is 1. The van der Waals surface area contributed by atoms with Crippen molar-refractivity contribution in [1.82, 2.24) is 5.32 Å². The molecule has 2 unspecified atom stereocenters. The molecule has 1 amide bonds. The van der Waals surface area contributed by atoms with Gasteiger partial charge in [-0.05, 0) is 30.5 Å². The topological polar surface area (TPSA) is 156 Å². The molecule has 1 aromatic rings. The Bertz CT molecular complexity index is 977. The number of hydrogen-bond donors (Lipinski definition) is 3. The molecule has 10 nitrogen and oxygen atoms in total. The van der Waals surface area contributed by atoms with Gasteiger partial charge in [-0.15, -0.1) is 0 Å². The van der Waals surface area contributed by atoms with Crippen LogP contribution in [0.5, 0.6) is 0 Å². The molecule has 3 N–H and O–H groups in total. The molecule has 0 aromatic heterocycles. The van der Waals surface area contributed by atoms with Gasteiger partial charge in [-0.1, -0.05) is 37.0 Å². The largest absolute Gasteiger partial charge is 0.481 e. The Morgan fingerprint density at radius 1 is 1.18 bits per heavy atom. The van der Waals surface area contributed by atoms with E-state index in [0.717, 1.165) is 0 Å². The first-order valence-electron chi connectivity index (χ1n) is 10.4. The predicted molar refractivity (Wildman–Crippen MR) is 120 cm³/mol. The number of hydrogen-bond acceptors (Lipinski definition) is 7. The van der Waals surface area contributed by atoms with Crippen molar-refractivity contribution in [3.05, 3.63) is 33.8 Å². The second kappa shape index (κ2) is 11.6.